The van der Waals surface area contributed by atoms with E-state index in [1.807, 2.05) is 6.92 Å². The third-order valence-corrected chi connectivity index (χ3v) is 2.97. The molecule has 0 radical (unpaired) electrons. The molecule has 6 heteroatoms. The molecule has 1 saturated heterocycles. The summed E-state index contributed by atoms with van der Waals surface area (Å²) in [4.78, 5) is 13.8. The number of carbonyl (C=O) groups excluding carboxylic acids is 1. The summed E-state index contributed by atoms with van der Waals surface area (Å²) in [6.07, 6.45) is 1.37. The maximum absolute atomic E-state index is 12.1. The van der Waals surface area contributed by atoms with Crippen molar-refractivity contribution in [2.24, 2.45) is 16.8 Å². The summed E-state index contributed by atoms with van der Waals surface area (Å²) in [5.74, 6) is 0.155. The maximum atomic E-state index is 12.1. The van der Waals surface area contributed by atoms with E-state index in [0.717, 1.165) is 12.8 Å². The topological polar surface area (TPSA) is 88.2 Å². The molecule has 2 atom stereocenters. The van der Waals surface area contributed by atoms with Crippen LogP contribution in [-0.2, 0) is 9.53 Å². The molecule has 1 heterocycles. The van der Waals surface area contributed by atoms with Gasteiger partial charge in [-0.25, -0.2) is 0 Å². The van der Waals surface area contributed by atoms with Gasteiger partial charge >= 0.3 is 0 Å². The van der Waals surface area contributed by atoms with Crippen LogP contribution in [0.15, 0.2) is 5.16 Å². The second-order valence-corrected chi connectivity index (χ2v) is 4.36. The number of amidine groups is 1. The van der Waals surface area contributed by atoms with Crippen LogP contribution in [0, 0.1) is 5.92 Å². The molecule has 1 fully saturated rings. The minimum Gasteiger partial charge on any atom is -0.409 e. The van der Waals surface area contributed by atoms with Gasteiger partial charge in [-0.2, -0.15) is 0 Å². The zero-order valence-electron chi connectivity index (χ0n) is 10.4. The molecule has 1 amide bonds. The van der Waals surface area contributed by atoms with Crippen LogP contribution in [0.4, 0.5) is 0 Å². The molecule has 1 rings (SSSR count). The van der Waals surface area contributed by atoms with Gasteiger partial charge in [0.05, 0.1) is 13.2 Å². The highest BCUT2D eigenvalue weighted by molar-refractivity contribution is 5.86. The largest absolute Gasteiger partial charge is 0.409 e. The summed E-state index contributed by atoms with van der Waals surface area (Å²) < 4.78 is 5.34. The summed E-state index contributed by atoms with van der Waals surface area (Å²) >= 11 is 0. The summed E-state index contributed by atoms with van der Waals surface area (Å²) in [6, 6.07) is 0. The third kappa shape index (κ3) is 3.59. The van der Waals surface area contributed by atoms with Gasteiger partial charge in [0.15, 0.2) is 5.84 Å². The number of amides is 1. The van der Waals surface area contributed by atoms with Crippen molar-refractivity contribution in [3.63, 3.8) is 0 Å². The van der Waals surface area contributed by atoms with Crippen LogP contribution in [0.3, 0.4) is 0 Å². The third-order valence-electron chi connectivity index (χ3n) is 2.97. The Morgan fingerprint density at radius 3 is 3.00 bits per heavy atom. The second kappa shape index (κ2) is 6.44. The van der Waals surface area contributed by atoms with E-state index >= 15 is 0 Å². The van der Waals surface area contributed by atoms with E-state index in [-0.39, 0.29) is 17.7 Å². The smallest absolute Gasteiger partial charge is 0.225 e. The van der Waals surface area contributed by atoms with Crippen LogP contribution in [0.5, 0.6) is 0 Å². The van der Waals surface area contributed by atoms with Crippen LogP contribution in [-0.4, -0.2) is 47.7 Å². The molecule has 6 nitrogen and oxygen atoms in total. The van der Waals surface area contributed by atoms with Gasteiger partial charge in [-0.1, -0.05) is 25.4 Å². The molecule has 0 bridgehead atoms. The molecule has 3 N–H and O–H groups in total. The average molecular weight is 243 g/mol. The molecule has 1 aliphatic rings. The Labute approximate surface area is 101 Å². The molecule has 0 aromatic carbocycles. The Bertz CT molecular complexity index is 294. The number of oxime groups is 1. The normalized spacial score (nSPS) is 23.5. The second-order valence-electron chi connectivity index (χ2n) is 4.36. The van der Waals surface area contributed by atoms with E-state index in [1.165, 1.54) is 0 Å². The van der Waals surface area contributed by atoms with E-state index in [2.05, 4.69) is 12.1 Å². The lowest BCUT2D eigenvalue weighted by Gasteiger charge is -2.33. The number of rotatable bonds is 4. The maximum Gasteiger partial charge on any atom is 0.225 e. The van der Waals surface area contributed by atoms with Crippen LogP contribution < -0.4 is 5.73 Å². The zero-order valence-corrected chi connectivity index (χ0v) is 10.4. The first-order valence-corrected chi connectivity index (χ1v) is 5.98. The van der Waals surface area contributed by atoms with Gasteiger partial charge in [-0.15, -0.1) is 0 Å². The first-order valence-electron chi connectivity index (χ1n) is 5.98. The predicted octanol–water partition coefficient (Wildman–Crippen LogP) is 0.396. The zero-order chi connectivity index (χ0) is 12.8. The molecule has 0 aliphatic carbocycles. The van der Waals surface area contributed by atoms with Crippen molar-refractivity contribution in [1.29, 1.82) is 0 Å². The minimum absolute atomic E-state index is 0.0191. The highest BCUT2D eigenvalue weighted by Gasteiger charge is 2.28. The molecule has 0 aromatic heterocycles. The SMILES string of the molecule is CCCC(C)C(=O)N1CCOC(C(N)=NO)C1. The number of nitrogens with two attached hydrogens (primary N) is 1. The molecular weight excluding hydrogens is 222 g/mol. The highest BCUT2D eigenvalue weighted by Crippen LogP contribution is 2.13. The molecule has 1 aliphatic heterocycles. The average Bonchev–Trinajstić information content (AvgIpc) is 2.37. The van der Waals surface area contributed by atoms with Crippen LogP contribution >= 0.6 is 0 Å². The van der Waals surface area contributed by atoms with E-state index in [9.17, 15) is 4.79 Å². The fourth-order valence-electron chi connectivity index (χ4n) is 1.96. The lowest BCUT2D eigenvalue weighted by atomic mass is 10.0. The molecule has 98 valence electrons. The summed E-state index contributed by atoms with van der Waals surface area (Å²) in [5.41, 5.74) is 5.48. The van der Waals surface area contributed by atoms with Crippen LogP contribution in [0.1, 0.15) is 26.7 Å². The fraction of sp³-hybridized carbons (Fsp3) is 0.818. The number of hydrogen-bond donors (Lipinski definition) is 2. The van der Waals surface area contributed by atoms with E-state index in [4.69, 9.17) is 15.7 Å². The lowest BCUT2D eigenvalue weighted by Crippen LogP contribution is -2.51. The van der Waals surface area contributed by atoms with Crippen molar-refractivity contribution in [2.45, 2.75) is 32.8 Å². The van der Waals surface area contributed by atoms with Crippen molar-refractivity contribution in [2.75, 3.05) is 19.7 Å². The minimum atomic E-state index is -0.494. The molecule has 2 unspecified atom stereocenters. The van der Waals surface area contributed by atoms with E-state index < -0.39 is 6.10 Å². The Morgan fingerprint density at radius 2 is 2.41 bits per heavy atom. The molecule has 0 aromatic rings. The fourth-order valence-corrected chi connectivity index (χ4v) is 1.96. The van der Waals surface area contributed by atoms with Crippen molar-refractivity contribution < 1.29 is 14.7 Å². The highest BCUT2D eigenvalue weighted by atomic mass is 16.5. The Morgan fingerprint density at radius 1 is 1.71 bits per heavy atom. The van der Waals surface area contributed by atoms with Crippen LogP contribution in [0.2, 0.25) is 0 Å². The summed E-state index contributed by atoms with van der Waals surface area (Å²) in [7, 11) is 0. The standard InChI is InChI=1S/C11H21N3O3/c1-3-4-8(2)11(15)14-5-6-17-9(7-14)10(12)13-16/h8-9,16H,3-7H2,1-2H3,(H2,12,13). The van der Waals surface area contributed by atoms with Gasteiger partial charge in [0.1, 0.15) is 6.10 Å². The first-order chi connectivity index (χ1) is 8.10. The molecular formula is C11H21N3O3. The van der Waals surface area contributed by atoms with Crippen LogP contribution in [0.25, 0.3) is 0 Å². The predicted molar refractivity (Wildman–Crippen MR) is 63.8 cm³/mol. The van der Waals surface area contributed by atoms with Gasteiger partial charge < -0.3 is 20.6 Å². The lowest BCUT2D eigenvalue weighted by molar-refractivity contribution is -0.140. The first kappa shape index (κ1) is 13.8. The number of nitrogens with zero attached hydrogens (tertiary/aromatic N) is 2. The summed E-state index contributed by atoms with van der Waals surface area (Å²) in [5, 5.41) is 11.5. The molecule has 0 saturated carbocycles. The Hall–Kier alpha value is -1.30. The van der Waals surface area contributed by atoms with Crippen molar-refractivity contribution in [3.05, 3.63) is 0 Å². The van der Waals surface area contributed by atoms with Crippen molar-refractivity contribution >= 4 is 11.7 Å². The van der Waals surface area contributed by atoms with Crippen molar-refractivity contribution in [1.82, 2.24) is 4.90 Å². The molecule has 17 heavy (non-hydrogen) atoms. The van der Waals surface area contributed by atoms with E-state index in [0.29, 0.717) is 19.7 Å². The van der Waals surface area contributed by atoms with Gasteiger partial charge in [-0.05, 0) is 6.42 Å². The number of morpholine rings is 1. The monoisotopic (exact) mass is 243 g/mol. The number of hydrogen-bond acceptors (Lipinski definition) is 4. The summed E-state index contributed by atoms with van der Waals surface area (Å²) in [6.45, 7) is 5.35. The Balaban J connectivity index is 2.57. The van der Waals surface area contributed by atoms with E-state index in [1.54, 1.807) is 4.90 Å². The van der Waals surface area contributed by atoms with Crippen molar-refractivity contribution in [3.8, 4) is 0 Å². The van der Waals surface area contributed by atoms with Gasteiger partial charge in [0, 0.05) is 12.5 Å². The van der Waals surface area contributed by atoms with Gasteiger partial charge in [0.2, 0.25) is 5.91 Å². The van der Waals surface area contributed by atoms with Gasteiger partial charge in [-0.3, -0.25) is 4.79 Å². The molecule has 0 spiro atoms. The quantitative estimate of drug-likeness (QED) is 0.324. The van der Waals surface area contributed by atoms with Gasteiger partial charge in [0.25, 0.3) is 0 Å². The number of ether oxygens (including phenoxy) is 1. The number of carbonyl (C=O) groups is 1. The Kier molecular flexibility index (Phi) is 5.21.